The molecule has 2 N–H and O–H groups in total. The van der Waals surface area contributed by atoms with E-state index in [0.29, 0.717) is 49.7 Å². The van der Waals surface area contributed by atoms with Crippen molar-refractivity contribution in [3.63, 3.8) is 0 Å². The SMILES string of the molecule is O=C(OCc1cccc(S(=O)(=O)N2CCOCC2)c1)c1ccccc1NCCO. The van der Waals surface area contributed by atoms with Crippen LogP contribution in [0.15, 0.2) is 53.4 Å². The van der Waals surface area contributed by atoms with Gasteiger partial charge in [-0.15, -0.1) is 0 Å². The van der Waals surface area contributed by atoms with Crippen molar-refractivity contribution < 1.29 is 27.8 Å². The number of aliphatic hydroxyl groups is 1. The summed E-state index contributed by atoms with van der Waals surface area (Å²) in [7, 11) is -3.61. The molecule has 1 saturated heterocycles. The molecule has 0 aliphatic carbocycles. The van der Waals surface area contributed by atoms with E-state index in [1.807, 2.05) is 0 Å². The molecular formula is C20H24N2O6S. The fraction of sp³-hybridized carbons (Fsp3) is 0.350. The molecular weight excluding hydrogens is 396 g/mol. The second kappa shape index (κ2) is 9.84. The van der Waals surface area contributed by atoms with Crippen LogP contribution < -0.4 is 5.32 Å². The number of ether oxygens (including phenoxy) is 2. The van der Waals surface area contributed by atoms with E-state index in [1.165, 1.54) is 16.4 Å². The van der Waals surface area contributed by atoms with Crippen LogP contribution in [0.25, 0.3) is 0 Å². The van der Waals surface area contributed by atoms with Gasteiger partial charge in [-0.05, 0) is 29.8 Å². The van der Waals surface area contributed by atoms with Crippen molar-refractivity contribution >= 4 is 21.7 Å². The van der Waals surface area contributed by atoms with Crippen molar-refractivity contribution in [3.05, 3.63) is 59.7 Å². The monoisotopic (exact) mass is 420 g/mol. The molecule has 2 aromatic rings. The van der Waals surface area contributed by atoms with Crippen LogP contribution in [-0.4, -0.2) is 63.3 Å². The average molecular weight is 420 g/mol. The highest BCUT2D eigenvalue weighted by atomic mass is 32.2. The number of benzene rings is 2. The average Bonchev–Trinajstić information content (AvgIpc) is 2.77. The summed E-state index contributed by atoms with van der Waals surface area (Å²) in [5.41, 5.74) is 1.49. The molecule has 0 spiro atoms. The third-order valence-electron chi connectivity index (χ3n) is 4.45. The minimum atomic E-state index is -3.61. The first-order chi connectivity index (χ1) is 14.0. The number of esters is 1. The number of nitrogens with one attached hydrogen (secondary N) is 1. The number of hydrogen-bond donors (Lipinski definition) is 2. The molecule has 9 heteroatoms. The Hall–Kier alpha value is -2.46. The van der Waals surface area contributed by atoms with Crippen molar-refractivity contribution in [3.8, 4) is 0 Å². The molecule has 1 aliphatic rings. The molecule has 1 fully saturated rings. The molecule has 156 valence electrons. The van der Waals surface area contributed by atoms with Crippen LogP contribution in [0.1, 0.15) is 15.9 Å². The minimum Gasteiger partial charge on any atom is -0.457 e. The molecule has 0 aromatic heterocycles. The fourth-order valence-corrected chi connectivity index (χ4v) is 4.44. The third-order valence-corrected chi connectivity index (χ3v) is 6.35. The van der Waals surface area contributed by atoms with Crippen molar-refractivity contribution in [2.45, 2.75) is 11.5 Å². The second-order valence-corrected chi connectivity index (χ2v) is 8.37. The Morgan fingerprint density at radius 2 is 1.90 bits per heavy atom. The maximum absolute atomic E-state index is 12.8. The topological polar surface area (TPSA) is 105 Å². The quantitative estimate of drug-likeness (QED) is 0.623. The zero-order valence-corrected chi connectivity index (χ0v) is 16.7. The molecule has 8 nitrogen and oxygen atoms in total. The lowest BCUT2D eigenvalue weighted by Gasteiger charge is -2.26. The first kappa shape index (κ1) is 21.3. The zero-order valence-electron chi connectivity index (χ0n) is 15.9. The van der Waals surface area contributed by atoms with Gasteiger partial charge in [-0.2, -0.15) is 4.31 Å². The zero-order chi connectivity index (χ0) is 20.7. The number of morpholine rings is 1. The molecule has 0 saturated carbocycles. The van der Waals surface area contributed by atoms with Gasteiger partial charge >= 0.3 is 5.97 Å². The largest absolute Gasteiger partial charge is 0.457 e. The molecule has 1 aliphatic heterocycles. The first-order valence-corrected chi connectivity index (χ1v) is 10.7. The van der Waals surface area contributed by atoms with Gasteiger partial charge < -0.3 is 19.9 Å². The lowest BCUT2D eigenvalue weighted by Crippen LogP contribution is -2.40. The summed E-state index contributed by atoms with van der Waals surface area (Å²) in [5.74, 6) is -0.535. The molecule has 0 radical (unpaired) electrons. The molecule has 3 rings (SSSR count). The smallest absolute Gasteiger partial charge is 0.340 e. The summed E-state index contributed by atoms with van der Waals surface area (Å²) in [4.78, 5) is 12.6. The number of nitrogens with zero attached hydrogens (tertiary/aromatic N) is 1. The van der Waals surface area contributed by atoms with Gasteiger partial charge in [-0.1, -0.05) is 24.3 Å². The normalized spacial score (nSPS) is 15.1. The Kier molecular flexibility index (Phi) is 7.21. The number of carbonyl (C=O) groups is 1. The summed E-state index contributed by atoms with van der Waals surface area (Å²) < 4.78 is 37.5. The summed E-state index contributed by atoms with van der Waals surface area (Å²) in [5, 5.41) is 11.9. The van der Waals surface area contributed by atoms with Crippen LogP contribution in [0, 0.1) is 0 Å². The molecule has 0 atom stereocenters. The lowest BCUT2D eigenvalue weighted by atomic mass is 10.1. The number of para-hydroxylation sites is 1. The molecule has 0 bridgehead atoms. The van der Waals surface area contributed by atoms with E-state index in [0.717, 1.165) is 0 Å². The van der Waals surface area contributed by atoms with Crippen molar-refractivity contribution in [2.75, 3.05) is 44.8 Å². The number of hydrogen-bond acceptors (Lipinski definition) is 7. The molecule has 0 amide bonds. The van der Waals surface area contributed by atoms with Gasteiger partial charge in [0.2, 0.25) is 10.0 Å². The fourth-order valence-electron chi connectivity index (χ4n) is 2.96. The second-order valence-electron chi connectivity index (χ2n) is 6.44. The van der Waals surface area contributed by atoms with E-state index < -0.39 is 16.0 Å². The predicted octanol–water partition coefficient (Wildman–Crippen LogP) is 1.47. The summed E-state index contributed by atoms with van der Waals surface area (Å²) in [6.07, 6.45) is 0. The summed E-state index contributed by atoms with van der Waals surface area (Å²) >= 11 is 0. The highest BCUT2D eigenvalue weighted by Gasteiger charge is 2.26. The van der Waals surface area contributed by atoms with Crippen molar-refractivity contribution in [2.24, 2.45) is 0 Å². The Balaban J connectivity index is 1.69. The Bertz CT molecular complexity index is 941. The number of anilines is 1. The molecule has 0 unspecified atom stereocenters. The number of aliphatic hydroxyl groups excluding tert-OH is 1. The Morgan fingerprint density at radius 3 is 2.66 bits per heavy atom. The van der Waals surface area contributed by atoms with Gasteiger partial charge in [-0.25, -0.2) is 13.2 Å². The van der Waals surface area contributed by atoms with E-state index in [9.17, 15) is 13.2 Å². The van der Waals surface area contributed by atoms with Gasteiger partial charge in [0.05, 0.1) is 30.3 Å². The third kappa shape index (κ3) is 5.33. The number of carbonyl (C=O) groups excluding carboxylic acids is 1. The first-order valence-electron chi connectivity index (χ1n) is 9.30. The van der Waals surface area contributed by atoms with Gasteiger partial charge in [0.15, 0.2) is 0 Å². The summed E-state index contributed by atoms with van der Waals surface area (Å²) in [6, 6.07) is 13.2. The van der Waals surface area contributed by atoms with Crippen LogP contribution in [0.2, 0.25) is 0 Å². The Morgan fingerprint density at radius 1 is 1.14 bits per heavy atom. The van der Waals surface area contributed by atoms with Gasteiger partial charge in [-0.3, -0.25) is 0 Å². The standard InChI is InChI=1S/C20H24N2O6S/c23-11-8-21-19-7-2-1-6-18(19)20(24)28-15-16-4-3-5-17(14-16)29(25,26)22-9-12-27-13-10-22/h1-7,14,21,23H,8-13,15H2. The maximum Gasteiger partial charge on any atom is 0.340 e. The molecule has 2 aromatic carbocycles. The lowest BCUT2D eigenvalue weighted by molar-refractivity contribution is 0.0473. The van der Waals surface area contributed by atoms with Crippen molar-refractivity contribution in [1.82, 2.24) is 4.31 Å². The van der Waals surface area contributed by atoms with Gasteiger partial charge in [0.1, 0.15) is 6.61 Å². The van der Waals surface area contributed by atoms with E-state index in [1.54, 1.807) is 36.4 Å². The highest BCUT2D eigenvalue weighted by molar-refractivity contribution is 7.89. The minimum absolute atomic E-state index is 0.0559. The molecule has 29 heavy (non-hydrogen) atoms. The summed E-state index contributed by atoms with van der Waals surface area (Å²) in [6.45, 7) is 1.58. The predicted molar refractivity (Wildman–Crippen MR) is 107 cm³/mol. The van der Waals surface area contributed by atoms with E-state index in [2.05, 4.69) is 5.32 Å². The van der Waals surface area contributed by atoms with Crippen molar-refractivity contribution in [1.29, 1.82) is 0 Å². The number of sulfonamides is 1. The highest BCUT2D eigenvalue weighted by Crippen LogP contribution is 2.20. The van der Waals surface area contributed by atoms with Crippen LogP contribution in [-0.2, 0) is 26.1 Å². The van der Waals surface area contributed by atoms with E-state index in [4.69, 9.17) is 14.6 Å². The number of rotatable bonds is 8. The van der Waals surface area contributed by atoms with E-state index in [-0.39, 0.29) is 18.1 Å². The van der Waals surface area contributed by atoms with Crippen LogP contribution in [0.3, 0.4) is 0 Å². The van der Waals surface area contributed by atoms with E-state index >= 15 is 0 Å². The molecule has 1 heterocycles. The van der Waals surface area contributed by atoms with Gasteiger partial charge in [0, 0.05) is 25.3 Å². The van der Waals surface area contributed by atoms with Gasteiger partial charge in [0.25, 0.3) is 0 Å². The Labute approximate surface area is 170 Å². The van der Waals surface area contributed by atoms with Crippen LogP contribution in [0.4, 0.5) is 5.69 Å². The van der Waals surface area contributed by atoms with Crippen LogP contribution >= 0.6 is 0 Å². The maximum atomic E-state index is 12.8. The van der Waals surface area contributed by atoms with Crippen LogP contribution in [0.5, 0.6) is 0 Å².